The molecule has 0 saturated carbocycles. The van der Waals surface area contributed by atoms with Gasteiger partial charge in [0.1, 0.15) is 5.82 Å². The van der Waals surface area contributed by atoms with E-state index >= 15 is 0 Å². The summed E-state index contributed by atoms with van der Waals surface area (Å²) in [6.07, 6.45) is -10.1. The highest BCUT2D eigenvalue weighted by atomic mass is 32.1. The summed E-state index contributed by atoms with van der Waals surface area (Å²) in [6.45, 7) is 1.78. The number of carbonyl (C=O) groups excluding carboxylic acids is 2. The molecular weight excluding hydrogens is 563 g/mol. The fraction of sp³-hybridized carbons (Fsp3) is 0.333. The average molecular weight is 588 g/mol. The Hall–Kier alpha value is -3.45. The van der Waals surface area contributed by atoms with Crippen molar-refractivity contribution in [1.82, 2.24) is 14.7 Å². The minimum absolute atomic E-state index is 0.0100. The quantitative estimate of drug-likeness (QED) is 0.318. The number of alkyl halides is 6. The molecule has 0 atom stereocenters. The molecule has 0 aliphatic carbocycles. The van der Waals surface area contributed by atoms with Gasteiger partial charge in [-0.15, -0.1) is 11.3 Å². The van der Waals surface area contributed by atoms with Crippen LogP contribution in [0, 0.1) is 5.82 Å². The summed E-state index contributed by atoms with van der Waals surface area (Å²) < 4.78 is 92.5. The van der Waals surface area contributed by atoms with Crippen LogP contribution in [-0.4, -0.2) is 65.8 Å². The summed E-state index contributed by atoms with van der Waals surface area (Å²) in [5.41, 5.74) is -3.02. The molecule has 13 heteroatoms. The number of rotatable bonds is 7. The zero-order valence-corrected chi connectivity index (χ0v) is 21.8. The number of halogens is 7. The van der Waals surface area contributed by atoms with Crippen molar-refractivity contribution < 1.29 is 40.3 Å². The minimum Gasteiger partial charge on any atom is -0.336 e. The lowest BCUT2D eigenvalue weighted by atomic mass is 10.0. The monoisotopic (exact) mass is 587 g/mol. The summed E-state index contributed by atoms with van der Waals surface area (Å²) in [7, 11) is 0. The Kier molecular flexibility index (Phi) is 8.83. The maximum absolute atomic E-state index is 13.3. The van der Waals surface area contributed by atoms with E-state index in [0.29, 0.717) is 43.2 Å². The first-order valence-electron chi connectivity index (χ1n) is 12.2. The fourth-order valence-electron chi connectivity index (χ4n) is 4.32. The highest BCUT2D eigenvalue weighted by Gasteiger charge is 2.38. The van der Waals surface area contributed by atoms with Crippen LogP contribution in [0.4, 0.5) is 30.7 Å². The molecule has 1 aliphatic rings. The molecule has 2 amide bonds. The van der Waals surface area contributed by atoms with Gasteiger partial charge in [0.2, 0.25) is 0 Å². The van der Waals surface area contributed by atoms with Crippen molar-refractivity contribution in [2.24, 2.45) is 0 Å². The highest BCUT2D eigenvalue weighted by molar-refractivity contribution is 7.12. The molecule has 0 N–H and O–H groups in total. The van der Waals surface area contributed by atoms with E-state index in [9.17, 15) is 40.3 Å². The van der Waals surface area contributed by atoms with Gasteiger partial charge in [-0.2, -0.15) is 26.3 Å². The number of piperazine rings is 1. The molecule has 3 aromatic rings. The number of hydrogen-bond donors (Lipinski definition) is 0. The summed E-state index contributed by atoms with van der Waals surface area (Å²) in [5.74, 6) is -1.51. The van der Waals surface area contributed by atoms with Gasteiger partial charge in [0, 0.05) is 51.4 Å². The Morgan fingerprint density at radius 3 is 1.98 bits per heavy atom. The van der Waals surface area contributed by atoms with Crippen molar-refractivity contribution in [3.63, 3.8) is 0 Å². The van der Waals surface area contributed by atoms with Crippen molar-refractivity contribution in [2.75, 3.05) is 39.3 Å². The third kappa shape index (κ3) is 7.39. The van der Waals surface area contributed by atoms with Crippen molar-refractivity contribution in [1.29, 1.82) is 0 Å². The van der Waals surface area contributed by atoms with Crippen molar-refractivity contribution in [3.8, 4) is 0 Å². The van der Waals surface area contributed by atoms with E-state index in [2.05, 4.69) is 0 Å². The van der Waals surface area contributed by atoms with Crippen LogP contribution >= 0.6 is 11.3 Å². The van der Waals surface area contributed by atoms with Crippen LogP contribution in [0.1, 0.15) is 36.7 Å². The Bertz CT molecular complexity index is 1290. The number of nitrogens with zero attached hydrogens (tertiary/aromatic N) is 3. The van der Waals surface area contributed by atoms with Crippen LogP contribution in [-0.2, 0) is 18.9 Å². The van der Waals surface area contributed by atoms with Gasteiger partial charge in [-0.3, -0.25) is 14.5 Å². The van der Waals surface area contributed by atoms with E-state index in [0.717, 1.165) is 5.56 Å². The number of thiophene rings is 1. The Labute approximate surface area is 229 Å². The second-order valence-corrected chi connectivity index (χ2v) is 10.2. The first-order chi connectivity index (χ1) is 18.8. The number of benzene rings is 2. The summed E-state index contributed by atoms with van der Waals surface area (Å²) in [4.78, 5) is 31.3. The molecular formula is C27H24F7N3O2S. The predicted octanol–water partition coefficient (Wildman–Crippen LogP) is 6.03. The lowest BCUT2D eigenvalue weighted by molar-refractivity contribution is -0.143. The third-order valence-corrected chi connectivity index (χ3v) is 7.34. The normalized spacial score (nSPS) is 14.8. The molecule has 40 heavy (non-hydrogen) atoms. The fourth-order valence-corrected chi connectivity index (χ4v) is 5.01. The van der Waals surface area contributed by atoms with Crippen LogP contribution < -0.4 is 0 Å². The number of carbonyl (C=O) groups is 2. The lowest BCUT2D eigenvalue weighted by Crippen LogP contribution is -2.50. The summed E-state index contributed by atoms with van der Waals surface area (Å²) in [6, 6.07) is 10.1. The van der Waals surface area contributed by atoms with Gasteiger partial charge < -0.3 is 9.80 Å². The second kappa shape index (κ2) is 12.0. The van der Waals surface area contributed by atoms with Gasteiger partial charge >= 0.3 is 12.4 Å². The molecule has 214 valence electrons. The van der Waals surface area contributed by atoms with Crippen molar-refractivity contribution in [3.05, 3.63) is 92.9 Å². The van der Waals surface area contributed by atoms with Crippen LogP contribution in [0.15, 0.2) is 60.0 Å². The maximum Gasteiger partial charge on any atom is 0.416 e. The standard InChI is InChI=1S/C27H24F7N3O2S/c28-22-5-3-18(4-6-22)17-37(25(39)23-2-1-13-40-23)12-9-35-7-10-36(11-8-35)24(38)19-14-20(26(29,30)31)16-21(15-19)27(32,33)34/h1-6,13-16H,7-12,17H2. The molecule has 1 aromatic heterocycles. The molecule has 0 radical (unpaired) electrons. The smallest absolute Gasteiger partial charge is 0.336 e. The van der Waals surface area contributed by atoms with Crippen LogP contribution in [0.2, 0.25) is 0 Å². The van der Waals surface area contributed by atoms with Gasteiger partial charge in [-0.25, -0.2) is 4.39 Å². The molecule has 1 fully saturated rings. The Morgan fingerprint density at radius 1 is 0.850 bits per heavy atom. The minimum atomic E-state index is -5.05. The molecule has 0 bridgehead atoms. The van der Waals surface area contributed by atoms with E-state index in [1.54, 1.807) is 34.5 Å². The molecule has 0 unspecified atom stereocenters. The van der Waals surface area contributed by atoms with E-state index in [1.807, 2.05) is 4.90 Å². The van der Waals surface area contributed by atoms with E-state index < -0.39 is 40.8 Å². The van der Waals surface area contributed by atoms with Gasteiger partial charge in [0.25, 0.3) is 11.8 Å². The molecule has 4 rings (SSSR count). The molecule has 0 spiro atoms. The number of hydrogen-bond acceptors (Lipinski definition) is 4. The highest BCUT2D eigenvalue weighted by Crippen LogP contribution is 2.36. The van der Waals surface area contributed by atoms with Crippen molar-refractivity contribution in [2.45, 2.75) is 18.9 Å². The largest absolute Gasteiger partial charge is 0.416 e. The van der Waals surface area contributed by atoms with E-state index in [-0.39, 0.29) is 31.6 Å². The average Bonchev–Trinajstić information content (AvgIpc) is 3.45. The lowest BCUT2D eigenvalue weighted by Gasteiger charge is -2.36. The van der Waals surface area contributed by atoms with Crippen molar-refractivity contribution >= 4 is 23.2 Å². The van der Waals surface area contributed by atoms with Gasteiger partial charge in [-0.05, 0) is 47.3 Å². The van der Waals surface area contributed by atoms with Gasteiger partial charge in [-0.1, -0.05) is 18.2 Å². The van der Waals surface area contributed by atoms with Crippen LogP contribution in [0.3, 0.4) is 0 Å². The maximum atomic E-state index is 13.3. The molecule has 1 saturated heterocycles. The topological polar surface area (TPSA) is 43.9 Å². The van der Waals surface area contributed by atoms with Crippen LogP contribution in [0.5, 0.6) is 0 Å². The summed E-state index contributed by atoms with van der Waals surface area (Å²) in [5, 5.41) is 1.78. The van der Waals surface area contributed by atoms with Gasteiger partial charge in [0.05, 0.1) is 16.0 Å². The summed E-state index contributed by atoms with van der Waals surface area (Å²) >= 11 is 1.29. The first kappa shape index (κ1) is 29.5. The first-order valence-corrected chi connectivity index (χ1v) is 13.1. The Morgan fingerprint density at radius 2 is 1.45 bits per heavy atom. The third-order valence-electron chi connectivity index (χ3n) is 6.49. The van der Waals surface area contributed by atoms with Crippen LogP contribution in [0.25, 0.3) is 0 Å². The SMILES string of the molecule is O=C(c1cc(C(F)(F)F)cc(C(F)(F)F)c1)N1CCN(CCN(Cc2ccc(F)cc2)C(=O)c2cccs2)CC1. The second-order valence-electron chi connectivity index (χ2n) is 9.26. The van der Waals surface area contributed by atoms with E-state index in [1.165, 1.54) is 28.4 Å². The van der Waals surface area contributed by atoms with Gasteiger partial charge in [0.15, 0.2) is 0 Å². The number of amides is 2. The van der Waals surface area contributed by atoms with E-state index in [4.69, 9.17) is 0 Å². The zero-order chi connectivity index (χ0) is 29.1. The molecule has 2 aromatic carbocycles. The molecule has 1 aliphatic heterocycles. The molecule has 2 heterocycles. The predicted molar refractivity (Wildman–Crippen MR) is 134 cm³/mol. The molecule has 5 nitrogen and oxygen atoms in total. The Balaban J connectivity index is 1.40. The zero-order valence-electron chi connectivity index (χ0n) is 20.9.